The highest BCUT2D eigenvalue weighted by Crippen LogP contribution is 2.22. The fraction of sp³-hybridized carbons (Fsp3) is 0.625. The van der Waals surface area contributed by atoms with Crippen molar-refractivity contribution in [1.82, 2.24) is 9.78 Å². The lowest BCUT2D eigenvalue weighted by atomic mass is 10.1. The molecule has 1 N–H and O–H groups in total. The van der Waals surface area contributed by atoms with Gasteiger partial charge in [0.25, 0.3) is 0 Å². The Kier molecular flexibility index (Phi) is 2.95. The maximum absolute atomic E-state index is 10.9. The molecule has 0 amide bonds. The molecule has 78 valence electrons. The first-order chi connectivity index (χ1) is 6.79. The molecule has 2 rings (SSSR count). The second kappa shape index (κ2) is 4.20. The van der Waals surface area contributed by atoms with E-state index in [4.69, 9.17) is 9.29 Å². The van der Waals surface area contributed by atoms with Gasteiger partial charge in [0.1, 0.15) is 0 Å². The Morgan fingerprint density at radius 3 is 2.93 bits per heavy atom. The highest BCUT2D eigenvalue weighted by Gasteiger charge is 2.20. The molecule has 2 heterocycles. The molecule has 0 radical (unpaired) electrons. The first-order valence-corrected chi connectivity index (χ1v) is 5.62. The molecule has 0 saturated carbocycles. The van der Waals surface area contributed by atoms with Gasteiger partial charge in [0.05, 0.1) is 12.2 Å². The molecule has 1 unspecified atom stereocenters. The highest BCUT2D eigenvalue weighted by atomic mass is 32.2. The van der Waals surface area contributed by atoms with Crippen molar-refractivity contribution in [3.63, 3.8) is 0 Å². The Labute approximate surface area is 84.3 Å². The van der Waals surface area contributed by atoms with Crippen LogP contribution in [-0.4, -0.2) is 31.8 Å². The molecular weight excluding hydrogens is 204 g/mol. The molecule has 1 aliphatic rings. The Hall–Kier alpha value is -0.720. The molecule has 1 saturated heterocycles. The zero-order chi connectivity index (χ0) is 9.97. The van der Waals surface area contributed by atoms with Crippen molar-refractivity contribution in [1.29, 1.82) is 0 Å². The van der Waals surface area contributed by atoms with Crippen LogP contribution < -0.4 is 0 Å². The van der Waals surface area contributed by atoms with Gasteiger partial charge >= 0.3 is 0 Å². The number of rotatable bonds is 2. The van der Waals surface area contributed by atoms with Gasteiger partial charge in [0.2, 0.25) is 11.1 Å². The fourth-order valence-electron chi connectivity index (χ4n) is 1.64. The van der Waals surface area contributed by atoms with E-state index in [2.05, 4.69) is 5.10 Å². The second-order valence-electron chi connectivity index (χ2n) is 3.21. The van der Waals surface area contributed by atoms with Gasteiger partial charge in [-0.15, -0.1) is 0 Å². The summed E-state index contributed by atoms with van der Waals surface area (Å²) in [6, 6.07) is 1.77. The van der Waals surface area contributed by atoms with Crippen LogP contribution in [0.4, 0.5) is 0 Å². The number of hydrogen-bond donors (Lipinski definition) is 1. The normalized spacial score (nSPS) is 20.9. The van der Waals surface area contributed by atoms with Crippen LogP contribution in [0.15, 0.2) is 17.3 Å². The zero-order valence-corrected chi connectivity index (χ0v) is 8.44. The van der Waals surface area contributed by atoms with Gasteiger partial charge in [-0.05, 0) is 18.9 Å². The van der Waals surface area contributed by atoms with E-state index in [0.29, 0.717) is 18.2 Å². The summed E-state index contributed by atoms with van der Waals surface area (Å²) in [5, 5.41) is 4.44. The van der Waals surface area contributed by atoms with Gasteiger partial charge in [-0.1, -0.05) is 0 Å². The van der Waals surface area contributed by atoms with Crippen LogP contribution in [-0.2, 0) is 15.8 Å². The lowest BCUT2D eigenvalue weighted by Gasteiger charge is -2.23. The summed E-state index contributed by atoms with van der Waals surface area (Å²) in [6.07, 6.45) is 3.26. The molecular formula is C8H12N2O3S. The molecule has 1 aliphatic heterocycles. The first kappa shape index (κ1) is 9.82. The molecule has 1 aromatic rings. The van der Waals surface area contributed by atoms with Gasteiger partial charge in [-0.25, -0.2) is 4.21 Å². The van der Waals surface area contributed by atoms with E-state index >= 15 is 0 Å². The Morgan fingerprint density at radius 1 is 1.57 bits per heavy atom. The van der Waals surface area contributed by atoms with Crippen LogP contribution in [0.1, 0.15) is 18.9 Å². The van der Waals surface area contributed by atoms with Crippen molar-refractivity contribution in [2.75, 3.05) is 13.2 Å². The number of hydrogen-bond acceptors (Lipinski definition) is 3. The van der Waals surface area contributed by atoms with E-state index < -0.39 is 11.1 Å². The maximum Gasteiger partial charge on any atom is 0.205 e. The minimum Gasteiger partial charge on any atom is -0.381 e. The van der Waals surface area contributed by atoms with E-state index in [-0.39, 0.29) is 6.04 Å². The number of aromatic nitrogens is 2. The molecule has 14 heavy (non-hydrogen) atoms. The van der Waals surface area contributed by atoms with Crippen molar-refractivity contribution in [3.05, 3.63) is 12.3 Å². The lowest BCUT2D eigenvalue weighted by molar-refractivity contribution is 0.0636. The second-order valence-corrected chi connectivity index (χ2v) is 4.12. The van der Waals surface area contributed by atoms with Crippen molar-refractivity contribution in [3.8, 4) is 0 Å². The van der Waals surface area contributed by atoms with Gasteiger partial charge in [0.15, 0.2) is 5.03 Å². The Balaban J connectivity index is 2.21. The molecule has 5 nitrogen and oxygen atoms in total. The SMILES string of the molecule is O=S(O)c1ccnn1C1CCOCC1. The minimum atomic E-state index is -1.95. The van der Waals surface area contributed by atoms with Crippen LogP contribution in [0.5, 0.6) is 0 Å². The lowest BCUT2D eigenvalue weighted by Crippen LogP contribution is -2.22. The number of nitrogens with zero attached hydrogens (tertiary/aromatic N) is 2. The van der Waals surface area contributed by atoms with Crippen LogP contribution in [0.2, 0.25) is 0 Å². The minimum absolute atomic E-state index is 0.199. The Bertz CT molecular complexity index is 333. The summed E-state index contributed by atoms with van der Waals surface area (Å²) in [6.45, 7) is 1.39. The van der Waals surface area contributed by atoms with Crippen molar-refractivity contribution < 1.29 is 13.5 Å². The van der Waals surface area contributed by atoms with Crippen molar-refractivity contribution >= 4 is 11.1 Å². The smallest absolute Gasteiger partial charge is 0.205 e. The molecule has 1 fully saturated rings. The molecule has 0 spiro atoms. The standard InChI is InChI=1S/C8H12N2O3S/c11-14(12)8-1-4-9-10(8)7-2-5-13-6-3-7/h1,4,7H,2-3,5-6H2,(H,11,12). The molecule has 0 aromatic carbocycles. The van der Waals surface area contributed by atoms with E-state index in [9.17, 15) is 4.21 Å². The third-order valence-corrected chi connectivity index (χ3v) is 3.03. The Morgan fingerprint density at radius 2 is 2.29 bits per heavy atom. The summed E-state index contributed by atoms with van der Waals surface area (Å²) >= 11 is -1.95. The average molecular weight is 216 g/mol. The fourth-order valence-corrected chi connectivity index (χ4v) is 2.18. The quantitative estimate of drug-likeness (QED) is 0.743. The third-order valence-electron chi connectivity index (χ3n) is 2.35. The van der Waals surface area contributed by atoms with E-state index in [1.807, 2.05) is 0 Å². The molecule has 1 aromatic heterocycles. The van der Waals surface area contributed by atoms with E-state index in [0.717, 1.165) is 12.8 Å². The van der Waals surface area contributed by atoms with Gasteiger partial charge in [-0.2, -0.15) is 5.10 Å². The summed E-state index contributed by atoms with van der Waals surface area (Å²) in [4.78, 5) is 0. The van der Waals surface area contributed by atoms with E-state index in [1.54, 1.807) is 16.9 Å². The summed E-state index contributed by atoms with van der Waals surface area (Å²) in [5.41, 5.74) is 0. The molecule has 0 aliphatic carbocycles. The van der Waals surface area contributed by atoms with Crippen molar-refractivity contribution in [2.45, 2.75) is 23.9 Å². The molecule has 6 heteroatoms. The zero-order valence-electron chi connectivity index (χ0n) is 7.63. The molecule has 1 atom stereocenters. The maximum atomic E-state index is 10.9. The largest absolute Gasteiger partial charge is 0.381 e. The predicted molar refractivity (Wildman–Crippen MR) is 50.4 cm³/mol. The van der Waals surface area contributed by atoms with Crippen LogP contribution >= 0.6 is 0 Å². The monoisotopic (exact) mass is 216 g/mol. The highest BCUT2D eigenvalue weighted by molar-refractivity contribution is 7.79. The van der Waals surface area contributed by atoms with Crippen LogP contribution in [0, 0.1) is 0 Å². The van der Waals surface area contributed by atoms with Crippen LogP contribution in [0.25, 0.3) is 0 Å². The summed E-state index contributed by atoms with van der Waals surface area (Å²) in [7, 11) is 0. The van der Waals surface area contributed by atoms with Crippen LogP contribution in [0.3, 0.4) is 0 Å². The molecule has 0 bridgehead atoms. The van der Waals surface area contributed by atoms with Crippen molar-refractivity contribution in [2.24, 2.45) is 0 Å². The summed E-state index contributed by atoms with van der Waals surface area (Å²) < 4.78 is 26.8. The number of ether oxygens (including phenoxy) is 1. The van der Waals surface area contributed by atoms with Gasteiger partial charge < -0.3 is 9.29 Å². The third kappa shape index (κ3) is 1.87. The average Bonchev–Trinajstić information content (AvgIpc) is 2.67. The predicted octanol–water partition coefficient (Wildman–Crippen LogP) is 0.815. The summed E-state index contributed by atoms with van der Waals surface area (Å²) in [5.74, 6) is 0. The van der Waals surface area contributed by atoms with E-state index in [1.165, 1.54) is 0 Å². The first-order valence-electron chi connectivity index (χ1n) is 4.51. The topological polar surface area (TPSA) is 64.3 Å². The van der Waals surface area contributed by atoms with Gasteiger partial charge in [0, 0.05) is 13.2 Å². The van der Waals surface area contributed by atoms with Gasteiger partial charge in [-0.3, -0.25) is 4.68 Å².